The lowest BCUT2D eigenvalue weighted by atomic mass is 10.2. The molecule has 14 nitrogen and oxygen atoms in total. The summed E-state index contributed by atoms with van der Waals surface area (Å²) >= 11 is 0. The van der Waals surface area contributed by atoms with Gasteiger partial charge >= 0.3 is 24.3 Å². The van der Waals surface area contributed by atoms with E-state index >= 15 is 0 Å². The highest BCUT2D eigenvalue weighted by Crippen LogP contribution is 2.31. The molecular weight excluding hydrogens is 682 g/mol. The van der Waals surface area contributed by atoms with E-state index in [-0.39, 0.29) is 16.3 Å². The number of alkyl halides is 6. The number of aromatic nitrogens is 4. The lowest BCUT2D eigenvalue weighted by Crippen LogP contribution is -2.48. The fourth-order valence-corrected chi connectivity index (χ4v) is 5.76. The minimum absolute atomic E-state index is 0.147. The van der Waals surface area contributed by atoms with E-state index in [9.17, 15) is 39.6 Å². The standard InChI is InChI=1S/C23H32N6O4S.2C2HF3O2/c1-5-8-20-24-16(4)21-23(30)25-22(26-29(20)21)18-15-17(9-10-19(18)33-7-3)34(31,32)28-13-11-27(6-2)12-14-28;2*3-2(4,5)1(6)7/h9-10,15H,5-8,11-14H2,1-4H3,(H,25,26,30);2*(H,6,7). The molecule has 268 valence electrons. The summed E-state index contributed by atoms with van der Waals surface area (Å²) in [6.45, 7) is 11.3. The van der Waals surface area contributed by atoms with Crippen molar-refractivity contribution in [1.82, 2.24) is 28.8 Å². The average molecular weight is 717 g/mol. The van der Waals surface area contributed by atoms with Gasteiger partial charge in [0.15, 0.2) is 11.3 Å². The minimum Gasteiger partial charge on any atom is -0.493 e. The summed E-state index contributed by atoms with van der Waals surface area (Å²) in [5, 5.41) is 18.9. The van der Waals surface area contributed by atoms with Crippen molar-refractivity contribution in [2.75, 3.05) is 39.3 Å². The number of aryl methyl sites for hydroxylation is 2. The molecule has 1 aromatic carbocycles. The lowest BCUT2D eigenvalue weighted by molar-refractivity contribution is -0.193. The Kier molecular flexibility index (Phi) is 13.5. The van der Waals surface area contributed by atoms with Crippen molar-refractivity contribution >= 4 is 27.5 Å². The van der Waals surface area contributed by atoms with Crippen molar-refractivity contribution in [3.63, 3.8) is 0 Å². The Bertz CT molecular complexity index is 1730. The Hall–Kier alpha value is -4.24. The number of nitrogens with one attached hydrogen (secondary N) is 1. The molecule has 1 aliphatic rings. The SMILES string of the molecule is CCCc1nc(C)c2c(=O)[nH]c(-c3cc(S(=O)(=O)N4CCN(CC)CC4)ccc3OCC)nn12.O=C(O)C(F)(F)F.O=C(O)C(F)(F)F. The van der Waals surface area contributed by atoms with Gasteiger partial charge in [-0.3, -0.25) is 4.79 Å². The third-order valence-corrected chi connectivity index (χ3v) is 8.52. The van der Waals surface area contributed by atoms with Crippen LogP contribution in [-0.4, -0.2) is 111 Å². The molecule has 0 amide bonds. The number of hydrogen-bond donors (Lipinski definition) is 3. The highest BCUT2D eigenvalue weighted by Gasteiger charge is 2.39. The number of aliphatic carboxylic acids is 2. The molecular formula is C27H34F6N6O8S. The number of carboxylic acids is 2. The third kappa shape index (κ3) is 10.1. The zero-order chi connectivity index (χ0) is 36.6. The predicted octanol–water partition coefficient (Wildman–Crippen LogP) is 3.34. The highest BCUT2D eigenvalue weighted by molar-refractivity contribution is 7.89. The van der Waals surface area contributed by atoms with Gasteiger partial charge in [-0.15, -0.1) is 5.10 Å². The fourth-order valence-electron chi connectivity index (χ4n) is 4.31. The molecule has 21 heteroatoms. The number of nitrogens with zero attached hydrogens (tertiary/aromatic N) is 5. The first-order valence-corrected chi connectivity index (χ1v) is 15.7. The highest BCUT2D eigenvalue weighted by atomic mass is 32.2. The molecule has 4 rings (SSSR count). The smallest absolute Gasteiger partial charge is 0.490 e. The minimum atomic E-state index is -5.08. The average Bonchev–Trinajstić information content (AvgIpc) is 3.32. The molecule has 0 saturated carbocycles. The lowest BCUT2D eigenvalue weighted by Gasteiger charge is -2.33. The van der Waals surface area contributed by atoms with Gasteiger partial charge in [-0.05, 0) is 45.0 Å². The number of benzene rings is 1. The molecule has 3 N–H and O–H groups in total. The topological polar surface area (TPSA) is 187 Å². The maximum absolute atomic E-state index is 13.4. The van der Waals surface area contributed by atoms with Crippen LogP contribution in [0.25, 0.3) is 16.9 Å². The second-order valence-electron chi connectivity index (χ2n) is 9.96. The number of likely N-dealkylation sites (N-methyl/N-ethyl adjacent to an activating group) is 1. The van der Waals surface area contributed by atoms with E-state index in [0.29, 0.717) is 67.6 Å². The van der Waals surface area contributed by atoms with E-state index in [1.807, 2.05) is 13.8 Å². The molecule has 0 aliphatic carbocycles. The number of fused-ring (bicyclic) bond motifs is 1. The Labute approximate surface area is 270 Å². The van der Waals surface area contributed by atoms with Crippen LogP contribution < -0.4 is 10.3 Å². The summed E-state index contributed by atoms with van der Waals surface area (Å²) in [4.78, 5) is 40.4. The summed E-state index contributed by atoms with van der Waals surface area (Å²) in [5.41, 5.74) is 1.09. The number of sulfonamides is 1. The zero-order valence-electron chi connectivity index (χ0n) is 26.1. The van der Waals surface area contributed by atoms with Gasteiger partial charge in [-0.2, -0.15) is 30.6 Å². The Balaban J connectivity index is 0.000000479. The van der Waals surface area contributed by atoms with Crippen LogP contribution >= 0.6 is 0 Å². The van der Waals surface area contributed by atoms with Gasteiger partial charge in [0.05, 0.1) is 22.8 Å². The molecule has 48 heavy (non-hydrogen) atoms. The molecule has 3 aromatic rings. The van der Waals surface area contributed by atoms with E-state index in [2.05, 4.69) is 26.9 Å². The van der Waals surface area contributed by atoms with Crippen LogP contribution in [0.1, 0.15) is 38.7 Å². The zero-order valence-corrected chi connectivity index (χ0v) is 27.0. The van der Waals surface area contributed by atoms with Gasteiger partial charge in [-0.1, -0.05) is 13.8 Å². The van der Waals surface area contributed by atoms with Crippen molar-refractivity contribution in [1.29, 1.82) is 0 Å². The number of rotatable bonds is 8. The monoisotopic (exact) mass is 716 g/mol. The maximum atomic E-state index is 13.4. The maximum Gasteiger partial charge on any atom is 0.490 e. The summed E-state index contributed by atoms with van der Waals surface area (Å²) in [7, 11) is -3.71. The Morgan fingerprint density at radius 2 is 1.52 bits per heavy atom. The van der Waals surface area contributed by atoms with Crippen LogP contribution in [0.4, 0.5) is 26.3 Å². The van der Waals surface area contributed by atoms with Gasteiger partial charge < -0.3 is 24.8 Å². The van der Waals surface area contributed by atoms with Crippen LogP contribution in [0.15, 0.2) is 27.9 Å². The molecule has 0 unspecified atom stereocenters. The quantitative estimate of drug-likeness (QED) is 0.290. The molecule has 1 aliphatic heterocycles. The molecule has 3 heterocycles. The van der Waals surface area contributed by atoms with E-state index in [1.165, 1.54) is 4.31 Å². The van der Waals surface area contributed by atoms with Gasteiger partial charge in [0, 0.05) is 32.6 Å². The number of carbonyl (C=O) groups is 2. The molecule has 0 spiro atoms. The second kappa shape index (κ2) is 16.2. The van der Waals surface area contributed by atoms with E-state index in [0.717, 1.165) is 13.0 Å². The third-order valence-electron chi connectivity index (χ3n) is 6.62. The van der Waals surface area contributed by atoms with Gasteiger partial charge in [-0.25, -0.2) is 27.5 Å². The number of halogens is 6. The fraction of sp³-hybridized carbons (Fsp3) is 0.519. The first-order chi connectivity index (χ1) is 22.2. The molecule has 1 fully saturated rings. The molecule has 2 aromatic heterocycles. The number of H-pyrrole nitrogens is 1. The van der Waals surface area contributed by atoms with Crippen LogP contribution in [0.2, 0.25) is 0 Å². The van der Waals surface area contributed by atoms with Crippen LogP contribution in [0, 0.1) is 6.92 Å². The van der Waals surface area contributed by atoms with E-state index < -0.39 is 34.3 Å². The van der Waals surface area contributed by atoms with Gasteiger partial charge in [0.2, 0.25) is 10.0 Å². The molecule has 0 radical (unpaired) electrons. The summed E-state index contributed by atoms with van der Waals surface area (Å²) < 4.78 is 99.1. The van der Waals surface area contributed by atoms with Gasteiger partial charge in [0.1, 0.15) is 11.6 Å². The largest absolute Gasteiger partial charge is 0.493 e. The number of piperazine rings is 1. The Morgan fingerprint density at radius 1 is 0.979 bits per heavy atom. The summed E-state index contributed by atoms with van der Waals surface area (Å²) in [6, 6.07) is 4.72. The van der Waals surface area contributed by atoms with Crippen molar-refractivity contribution in [3.8, 4) is 17.1 Å². The summed E-state index contributed by atoms with van der Waals surface area (Å²) in [5.74, 6) is -4.13. The number of carboxylic acid groups (broad SMARTS) is 2. The van der Waals surface area contributed by atoms with Crippen molar-refractivity contribution < 1.29 is 59.3 Å². The normalized spacial score (nSPS) is 14.5. The first kappa shape index (κ1) is 39.9. The van der Waals surface area contributed by atoms with E-state index in [1.54, 1.807) is 29.6 Å². The van der Waals surface area contributed by atoms with Crippen LogP contribution in [0.5, 0.6) is 5.75 Å². The summed E-state index contributed by atoms with van der Waals surface area (Å²) in [6.07, 6.45) is -8.65. The van der Waals surface area contributed by atoms with Crippen molar-refractivity contribution in [2.24, 2.45) is 0 Å². The number of ether oxygens (including phenoxy) is 1. The number of hydrogen-bond acceptors (Lipinski definition) is 9. The van der Waals surface area contributed by atoms with Crippen molar-refractivity contribution in [3.05, 3.63) is 40.1 Å². The Morgan fingerprint density at radius 3 is 1.98 bits per heavy atom. The first-order valence-electron chi connectivity index (χ1n) is 14.3. The molecule has 0 bridgehead atoms. The second-order valence-corrected chi connectivity index (χ2v) is 11.9. The number of imidazole rings is 1. The molecule has 1 saturated heterocycles. The predicted molar refractivity (Wildman–Crippen MR) is 157 cm³/mol. The van der Waals surface area contributed by atoms with Crippen LogP contribution in [0.3, 0.4) is 0 Å². The van der Waals surface area contributed by atoms with Gasteiger partial charge in [0.25, 0.3) is 5.56 Å². The van der Waals surface area contributed by atoms with Crippen LogP contribution in [-0.2, 0) is 26.0 Å². The van der Waals surface area contributed by atoms with E-state index in [4.69, 9.17) is 24.5 Å². The van der Waals surface area contributed by atoms with Crippen molar-refractivity contribution in [2.45, 2.75) is 57.8 Å². The number of aromatic amines is 1. The molecule has 0 atom stereocenters.